The van der Waals surface area contributed by atoms with Crippen LogP contribution in [0.4, 0.5) is 0 Å². The average Bonchev–Trinajstić information content (AvgIpc) is 2.87. The van der Waals surface area contributed by atoms with Crippen LogP contribution in [0.5, 0.6) is 0 Å². The quantitative estimate of drug-likeness (QED) is 0.711. The van der Waals surface area contributed by atoms with E-state index in [0.717, 1.165) is 12.1 Å². The molecule has 0 saturated carbocycles. The summed E-state index contributed by atoms with van der Waals surface area (Å²) in [4.78, 5) is 13.6. The largest absolute Gasteiger partial charge is 0.353 e. The molecule has 2 heterocycles. The molecule has 1 saturated heterocycles. The molecule has 88 valence electrons. The molecule has 2 rings (SSSR count). The summed E-state index contributed by atoms with van der Waals surface area (Å²) in [6.45, 7) is 6.36. The second-order valence-corrected chi connectivity index (χ2v) is 4.60. The molecule has 0 unspecified atom stereocenters. The minimum absolute atomic E-state index is 0.151. The van der Waals surface area contributed by atoms with Crippen molar-refractivity contribution in [3.63, 3.8) is 0 Å². The van der Waals surface area contributed by atoms with E-state index in [-0.39, 0.29) is 5.78 Å². The monoisotopic (exact) mass is 220 g/mol. The lowest BCUT2D eigenvalue weighted by atomic mass is 10.2. The third-order valence-electron chi connectivity index (χ3n) is 3.25. The summed E-state index contributed by atoms with van der Waals surface area (Å²) in [5.74, 6) is 0.151. The van der Waals surface area contributed by atoms with Crippen LogP contribution in [0.2, 0.25) is 0 Å². The van der Waals surface area contributed by atoms with Crippen molar-refractivity contribution in [1.82, 2.24) is 9.47 Å². The molecule has 0 aliphatic carbocycles. The van der Waals surface area contributed by atoms with Gasteiger partial charge in [-0.15, -0.1) is 0 Å². The van der Waals surface area contributed by atoms with Gasteiger partial charge in [0, 0.05) is 24.5 Å². The highest BCUT2D eigenvalue weighted by atomic mass is 16.1. The van der Waals surface area contributed by atoms with Crippen molar-refractivity contribution >= 4 is 5.78 Å². The van der Waals surface area contributed by atoms with Gasteiger partial charge < -0.3 is 9.47 Å². The lowest BCUT2D eigenvalue weighted by Gasteiger charge is -2.14. The Balaban J connectivity index is 1.74. The van der Waals surface area contributed by atoms with Crippen molar-refractivity contribution in [2.45, 2.75) is 32.7 Å². The number of hydrogen-bond donors (Lipinski definition) is 0. The first-order chi connectivity index (χ1) is 7.75. The minimum Gasteiger partial charge on any atom is -0.353 e. The normalized spacial score (nSPS) is 16.8. The number of carbonyl (C=O) groups excluding carboxylic acids is 1. The van der Waals surface area contributed by atoms with Crippen LogP contribution >= 0.6 is 0 Å². The molecule has 0 radical (unpaired) electrons. The lowest BCUT2D eigenvalue weighted by Crippen LogP contribution is -2.21. The molecule has 0 bridgehead atoms. The number of rotatable bonds is 5. The highest BCUT2D eigenvalue weighted by Gasteiger charge is 2.10. The summed E-state index contributed by atoms with van der Waals surface area (Å²) in [6.07, 6.45) is 7.84. The van der Waals surface area contributed by atoms with Gasteiger partial charge in [-0.3, -0.25) is 4.79 Å². The molecule has 1 aromatic heterocycles. The van der Waals surface area contributed by atoms with Gasteiger partial charge in [0.2, 0.25) is 0 Å². The van der Waals surface area contributed by atoms with Crippen LogP contribution in [0, 0.1) is 0 Å². The van der Waals surface area contributed by atoms with Gasteiger partial charge in [-0.1, -0.05) is 0 Å². The van der Waals surface area contributed by atoms with Crippen molar-refractivity contribution in [1.29, 1.82) is 0 Å². The highest BCUT2D eigenvalue weighted by molar-refractivity contribution is 5.93. The minimum atomic E-state index is 0.151. The highest BCUT2D eigenvalue weighted by Crippen LogP contribution is 2.08. The van der Waals surface area contributed by atoms with Crippen molar-refractivity contribution in [3.8, 4) is 0 Å². The van der Waals surface area contributed by atoms with Crippen LogP contribution in [0.3, 0.4) is 0 Å². The summed E-state index contributed by atoms with van der Waals surface area (Å²) in [7, 11) is 0. The first-order valence-corrected chi connectivity index (χ1v) is 6.15. The van der Waals surface area contributed by atoms with E-state index in [4.69, 9.17) is 0 Å². The van der Waals surface area contributed by atoms with Crippen LogP contribution in [-0.4, -0.2) is 34.9 Å². The smallest absolute Gasteiger partial charge is 0.161 e. The average molecular weight is 220 g/mol. The fourth-order valence-electron chi connectivity index (χ4n) is 2.27. The molecule has 0 N–H and O–H groups in total. The van der Waals surface area contributed by atoms with Gasteiger partial charge in [0.25, 0.3) is 0 Å². The van der Waals surface area contributed by atoms with Gasteiger partial charge in [0.15, 0.2) is 5.78 Å². The van der Waals surface area contributed by atoms with E-state index in [9.17, 15) is 4.79 Å². The van der Waals surface area contributed by atoms with E-state index in [1.165, 1.54) is 38.9 Å². The van der Waals surface area contributed by atoms with Crippen molar-refractivity contribution in [3.05, 3.63) is 24.0 Å². The predicted molar refractivity (Wildman–Crippen MR) is 64.7 cm³/mol. The van der Waals surface area contributed by atoms with Gasteiger partial charge in [0.1, 0.15) is 0 Å². The zero-order chi connectivity index (χ0) is 11.4. The fourth-order valence-corrected chi connectivity index (χ4v) is 2.27. The summed E-state index contributed by atoms with van der Waals surface area (Å²) < 4.78 is 2.12. The first kappa shape index (κ1) is 11.4. The van der Waals surface area contributed by atoms with Crippen LogP contribution < -0.4 is 0 Å². The number of nitrogens with zero attached hydrogens (tertiary/aromatic N) is 2. The molecule has 16 heavy (non-hydrogen) atoms. The van der Waals surface area contributed by atoms with Gasteiger partial charge in [-0.2, -0.15) is 0 Å². The number of hydrogen-bond acceptors (Lipinski definition) is 2. The topological polar surface area (TPSA) is 25.2 Å². The summed E-state index contributed by atoms with van der Waals surface area (Å²) in [5, 5.41) is 0. The molecule has 1 aliphatic rings. The van der Waals surface area contributed by atoms with Crippen LogP contribution in [0.1, 0.15) is 36.5 Å². The number of Topliss-reactive ketones (excluding diaryl/α,β-unsaturated/α-hetero) is 1. The molecule has 0 amide bonds. The Labute approximate surface area is 97.1 Å². The van der Waals surface area contributed by atoms with Crippen molar-refractivity contribution in [2.24, 2.45) is 0 Å². The molecular weight excluding hydrogens is 200 g/mol. The molecular formula is C13H20N2O. The molecule has 1 fully saturated rings. The molecule has 1 aliphatic heterocycles. The maximum absolute atomic E-state index is 11.1. The second kappa shape index (κ2) is 5.30. The number of carbonyl (C=O) groups is 1. The van der Waals surface area contributed by atoms with E-state index in [1.54, 1.807) is 6.92 Å². The van der Waals surface area contributed by atoms with Crippen LogP contribution in [-0.2, 0) is 6.54 Å². The Hall–Kier alpha value is -1.09. The Kier molecular flexibility index (Phi) is 3.78. The van der Waals surface area contributed by atoms with E-state index in [1.807, 2.05) is 18.5 Å². The third kappa shape index (κ3) is 2.95. The molecule has 1 aromatic rings. The van der Waals surface area contributed by atoms with E-state index in [0.29, 0.717) is 0 Å². The van der Waals surface area contributed by atoms with Gasteiger partial charge in [-0.05, 0) is 51.9 Å². The molecule has 0 atom stereocenters. The Morgan fingerprint density at radius 3 is 2.69 bits per heavy atom. The molecule has 0 spiro atoms. The molecule has 0 aromatic carbocycles. The molecule has 3 nitrogen and oxygen atoms in total. The zero-order valence-corrected chi connectivity index (χ0v) is 9.98. The second-order valence-electron chi connectivity index (χ2n) is 4.60. The zero-order valence-electron chi connectivity index (χ0n) is 9.98. The van der Waals surface area contributed by atoms with E-state index in [2.05, 4.69) is 9.47 Å². The number of aryl methyl sites for hydroxylation is 1. The summed E-state index contributed by atoms with van der Waals surface area (Å²) in [6, 6.07) is 1.90. The predicted octanol–water partition coefficient (Wildman–Crippen LogP) is 2.18. The lowest BCUT2D eigenvalue weighted by molar-refractivity contribution is 0.101. The molecule has 3 heteroatoms. The van der Waals surface area contributed by atoms with E-state index < -0.39 is 0 Å². The van der Waals surface area contributed by atoms with Gasteiger partial charge >= 0.3 is 0 Å². The number of aromatic nitrogens is 1. The Morgan fingerprint density at radius 1 is 1.31 bits per heavy atom. The Bertz CT molecular complexity index is 351. The number of likely N-dealkylation sites (tertiary alicyclic amines) is 1. The van der Waals surface area contributed by atoms with Crippen molar-refractivity contribution in [2.75, 3.05) is 19.6 Å². The Morgan fingerprint density at radius 2 is 2.06 bits per heavy atom. The van der Waals surface area contributed by atoms with Gasteiger partial charge in [-0.25, -0.2) is 0 Å². The third-order valence-corrected chi connectivity index (χ3v) is 3.25. The summed E-state index contributed by atoms with van der Waals surface area (Å²) >= 11 is 0. The fraction of sp³-hybridized carbons (Fsp3) is 0.615. The van der Waals surface area contributed by atoms with Crippen LogP contribution in [0.15, 0.2) is 18.5 Å². The summed E-state index contributed by atoms with van der Waals surface area (Å²) in [5.41, 5.74) is 0.821. The van der Waals surface area contributed by atoms with Crippen LogP contribution in [0.25, 0.3) is 0 Å². The van der Waals surface area contributed by atoms with Gasteiger partial charge in [0.05, 0.1) is 0 Å². The maximum Gasteiger partial charge on any atom is 0.161 e. The van der Waals surface area contributed by atoms with E-state index >= 15 is 0 Å². The maximum atomic E-state index is 11.1. The first-order valence-electron chi connectivity index (χ1n) is 6.15. The SMILES string of the molecule is CC(=O)c1ccn(CCCN2CCCC2)c1. The standard InChI is InChI=1S/C13H20N2O/c1-12(16)13-5-10-15(11-13)9-4-8-14-6-2-3-7-14/h5,10-11H,2-4,6-9H2,1H3. The van der Waals surface area contributed by atoms with Crippen molar-refractivity contribution < 1.29 is 4.79 Å². The number of ketones is 1.